The lowest BCUT2D eigenvalue weighted by atomic mass is 9.89. The van der Waals surface area contributed by atoms with E-state index in [0.717, 1.165) is 19.3 Å². The largest absolute Gasteiger partial charge is 0.348 e. The van der Waals surface area contributed by atoms with Crippen molar-refractivity contribution in [3.05, 3.63) is 33.8 Å². The molecule has 20 heavy (non-hydrogen) atoms. The molecule has 1 aliphatic carbocycles. The first-order valence-corrected chi connectivity index (χ1v) is 7.67. The Kier molecular flexibility index (Phi) is 5.30. The zero-order valence-electron chi connectivity index (χ0n) is 11.8. The maximum atomic E-state index is 12.3. The smallest absolute Gasteiger partial charge is 0.251 e. The van der Waals surface area contributed by atoms with Gasteiger partial charge >= 0.3 is 0 Å². The van der Waals surface area contributed by atoms with Crippen LogP contribution in [0, 0.1) is 0 Å². The minimum atomic E-state index is -0.0812. The van der Waals surface area contributed by atoms with Gasteiger partial charge in [-0.05, 0) is 45.1 Å². The Balaban J connectivity index is 2.07. The summed E-state index contributed by atoms with van der Waals surface area (Å²) in [4.78, 5) is 14.5. The number of carbonyl (C=O) groups is 1. The topological polar surface area (TPSA) is 32.3 Å². The van der Waals surface area contributed by atoms with Crippen LogP contribution >= 0.6 is 23.2 Å². The second-order valence-corrected chi connectivity index (χ2v) is 6.34. The van der Waals surface area contributed by atoms with Gasteiger partial charge in [-0.15, -0.1) is 0 Å². The number of nitrogens with zero attached hydrogens (tertiary/aromatic N) is 1. The van der Waals surface area contributed by atoms with E-state index in [9.17, 15) is 4.79 Å². The van der Waals surface area contributed by atoms with E-state index in [4.69, 9.17) is 23.2 Å². The number of amides is 1. The Hall–Kier alpha value is -0.770. The summed E-state index contributed by atoms with van der Waals surface area (Å²) in [5.74, 6) is -0.0812. The average Bonchev–Trinajstić information content (AvgIpc) is 2.42. The molecule has 1 N–H and O–H groups in total. The van der Waals surface area contributed by atoms with Gasteiger partial charge in [0.05, 0.1) is 10.0 Å². The Bertz CT molecular complexity index is 491. The third-order valence-electron chi connectivity index (χ3n) is 3.89. The minimum Gasteiger partial charge on any atom is -0.348 e. The normalized spacial score (nSPS) is 22.9. The zero-order valence-corrected chi connectivity index (χ0v) is 13.3. The van der Waals surface area contributed by atoms with Crippen molar-refractivity contribution in [3.63, 3.8) is 0 Å². The minimum absolute atomic E-state index is 0.0812. The first-order valence-electron chi connectivity index (χ1n) is 6.91. The van der Waals surface area contributed by atoms with Crippen LogP contribution in [0.15, 0.2) is 18.2 Å². The van der Waals surface area contributed by atoms with Crippen LogP contribution in [-0.2, 0) is 0 Å². The summed E-state index contributed by atoms with van der Waals surface area (Å²) >= 11 is 11.8. The predicted molar refractivity (Wildman–Crippen MR) is 83.7 cm³/mol. The van der Waals surface area contributed by atoms with Crippen LogP contribution in [0.2, 0.25) is 10.0 Å². The van der Waals surface area contributed by atoms with Gasteiger partial charge in [-0.25, -0.2) is 0 Å². The lowest BCUT2D eigenvalue weighted by Gasteiger charge is -2.36. The molecule has 2 rings (SSSR count). The second-order valence-electron chi connectivity index (χ2n) is 5.52. The molecule has 0 aliphatic heterocycles. The van der Waals surface area contributed by atoms with Gasteiger partial charge in [0, 0.05) is 17.6 Å². The molecule has 0 aromatic heterocycles. The van der Waals surface area contributed by atoms with E-state index in [-0.39, 0.29) is 11.9 Å². The molecule has 0 spiro atoms. The molecule has 1 aromatic carbocycles. The van der Waals surface area contributed by atoms with Crippen LogP contribution in [0.1, 0.15) is 36.0 Å². The van der Waals surface area contributed by atoms with Crippen molar-refractivity contribution in [1.82, 2.24) is 10.2 Å². The van der Waals surface area contributed by atoms with E-state index < -0.39 is 0 Å². The van der Waals surface area contributed by atoms with Crippen LogP contribution in [-0.4, -0.2) is 37.0 Å². The summed E-state index contributed by atoms with van der Waals surface area (Å²) in [7, 11) is 4.13. The molecule has 0 bridgehead atoms. The number of halogens is 2. The van der Waals surface area contributed by atoms with Gasteiger partial charge in [0.25, 0.3) is 5.91 Å². The maximum absolute atomic E-state index is 12.3. The van der Waals surface area contributed by atoms with Gasteiger partial charge in [0.1, 0.15) is 0 Å². The van der Waals surface area contributed by atoms with Crippen LogP contribution in [0.25, 0.3) is 0 Å². The zero-order chi connectivity index (χ0) is 14.7. The number of hydrogen-bond acceptors (Lipinski definition) is 2. The van der Waals surface area contributed by atoms with Crippen LogP contribution in [0.4, 0.5) is 0 Å². The maximum Gasteiger partial charge on any atom is 0.251 e. The highest BCUT2D eigenvalue weighted by Crippen LogP contribution is 2.24. The average molecular weight is 315 g/mol. The third-order valence-corrected chi connectivity index (χ3v) is 4.63. The van der Waals surface area contributed by atoms with Crippen molar-refractivity contribution >= 4 is 29.1 Å². The van der Waals surface area contributed by atoms with E-state index in [1.807, 2.05) is 0 Å². The van der Waals surface area contributed by atoms with Gasteiger partial charge in [-0.1, -0.05) is 36.0 Å². The van der Waals surface area contributed by atoms with E-state index in [1.54, 1.807) is 18.2 Å². The standard InChI is InChI=1S/C15H20Cl2N2O/c1-19(2)14-6-4-3-5-13(14)18-15(20)10-7-8-11(16)12(17)9-10/h7-9,13-14H,3-6H2,1-2H3,(H,18,20)/t13-,14+/m1/s1. The van der Waals surface area contributed by atoms with Gasteiger partial charge in [0.15, 0.2) is 0 Å². The first kappa shape index (κ1) is 15.6. The molecule has 1 fully saturated rings. The van der Waals surface area contributed by atoms with Crippen molar-refractivity contribution < 1.29 is 4.79 Å². The molecule has 1 amide bonds. The van der Waals surface area contributed by atoms with Gasteiger partial charge < -0.3 is 10.2 Å². The van der Waals surface area contributed by atoms with Crippen molar-refractivity contribution in [1.29, 1.82) is 0 Å². The van der Waals surface area contributed by atoms with Crippen molar-refractivity contribution in [2.24, 2.45) is 0 Å². The van der Waals surface area contributed by atoms with E-state index in [1.165, 1.54) is 6.42 Å². The Labute approximate surface area is 130 Å². The third kappa shape index (κ3) is 3.66. The Morgan fingerprint density at radius 2 is 1.90 bits per heavy atom. The fourth-order valence-corrected chi connectivity index (χ4v) is 3.08. The van der Waals surface area contributed by atoms with Gasteiger partial charge in [-0.3, -0.25) is 4.79 Å². The summed E-state index contributed by atoms with van der Waals surface area (Å²) in [6.45, 7) is 0. The van der Waals surface area contributed by atoms with Crippen LogP contribution in [0.3, 0.4) is 0 Å². The molecule has 1 aliphatic rings. The molecule has 0 radical (unpaired) electrons. The summed E-state index contributed by atoms with van der Waals surface area (Å²) in [6, 6.07) is 5.57. The van der Waals surface area contributed by atoms with E-state index in [0.29, 0.717) is 21.7 Å². The lowest BCUT2D eigenvalue weighted by Crippen LogP contribution is -2.51. The Morgan fingerprint density at radius 3 is 2.55 bits per heavy atom. The highest BCUT2D eigenvalue weighted by atomic mass is 35.5. The highest BCUT2D eigenvalue weighted by molar-refractivity contribution is 6.42. The monoisotopic (exact) mass is 314 g/mol. The fourth-order valence-electron chi connectivity index (χ4n) is 2.79. The van der Waals surface area contributed by atoms with Gasteiger partial charge in [-0.2, -0.15) is 0 Å². The van der Waals surface area contributed by atoms with Crippen molar-refractivity contribution in [2.45, 2.75) is 37.8 Å². The lowest BCUT2D eigenvalue weighted by molar-refractivity contribution is 0.0883. The second kappa shape index (κ2) is 6.79. The van der Waals surface area contributed by atoms with Crippen LogP contribution in [0.5, 0.6) is 0 Å². The van der Waals surface area contributed by atoms with Gasteiger partial charge in [0.2, 0.25) is 0 Å². The molecule has 1 aromatic rings. The highest BCUT2D eigenvalue weighted by Gasteiger charge is 2.28. The SMILES string of the molecule is CN(C)[C@H]1CCCC[C@H]1NC(=O)c1ccc(Cl)c(Cl)c1. The molecule has 3 nitrogen and oxygen atoms in total. The number of hydrogen-bond donors (Lipinski definition) is 1. The molecule has 1 saturated carbocycles. The fraction of sp³-hybridized carbons (Fsp3) is 0.533. The summed E-state index contributed by atoms with van der Waals surface area (Å²) in [5.41, 5.74) is 0.558. The van der Waals surface area contributed by atoms with E-state index >= 15 is 0 Å². The first-order chi connectivity index (χ1) is 9.49. The molecule has 0 unspecified atom stereocenters. The predicted octanol–water partition coefficient (Wildman–Crippen LogP) is 3.60. The van der Waals surface area contributed by atoms with Crippen molar-refractivity contribution in [3.8, 4) is 0 Å². The number of likely N-dealkylation sites (N-methyl/N-ethyl adjacent to an activating group) is 1. The van der Waals surface area contributed by atoms with Crippen LogP contribution < -0.4 is 5.32 Å². The summed E-state index contributed by atoms with van der Waals surface area (Å²) in [5, 5.41) is 4.01. The summed E-state index contributed by atoms with van der Waals surface area (Å²) in [6.07, 6.45) is 4.54. The van der Waals surface area contributed by atoms with E-state index in [2.05, 4.69) is 24.3 Å². The molecular formula is C15H20Cl2N2O. The molecule has 2 atom stereocenters. The quantitative estimate of drug-likeness (QED) is 0.924. The molecule has 110 valence electrons. The summed E-state index contributed by atoms with van der Waals surface area (Å²) < 4.78 is 0. The molecule has 5 heteroatoms. The molecule has 0 heterocycles. The number of rotatable bonds is 3. The number of nitrogens with one attached hydrogen (secondary N) is 1. The molecular weight excluding hydrogens is 295 g/mol. The van der Waals surface area contributed by atoms with Crippen molar-refractivity contribution in [2.75, 3.05) is 14.1 Å². The molecule has 0 saturated heterocycles. The number of benzene rings is 1. The number of carbonyl (C=O) groups excluding carboxylic acids is 1. The Morgan fingerprint density at radius 1 is 1.20 bits per heavy atom.